The van der Waals surface area contributed by atoms with Gasteiger partial charge in [-0.1, -0.05) is 5.16 Å². The molecule has 0 unspecified atom stereocenters. The van der Waals surface area contributed by atoms with E-state index in [1.165, 1.54) is 9.90 Å². The first-order valence-corrected chi connectivity index (χ1v) is 23.0. The Hall–Kier alpha value is -5.16. The van der Waals surface area contributed by atoms with E-state index in [2.05, 4.69) is 30.5 Å². The van der Waals surface area contributed by atoms with E-state index in [4.69, 9.17) is 10.6 Å². The van der Waals surface area contributed by atoms with E-state index >= 15 is 0 Å². The van der Waals surface area contributed by atoms with Gasteiger partial charge in [0.2, 0.25) is 15.8 Å². The van der Waals surface area contributed by atoms with Gasteiger partial charge in [0.15, 0.2) is 49.5 Å². The number of β-lactam (4-membered cyclic amide) rings is 1. The van der Waals surface area contributed by atoms with Crippen LogP contribution < -0.4 is 45.7 Å². The van der Waals surface area contributed by atoms with Gasteiger partial charge in [-0.3, -0.25) is 14.5 Å². The Labute approximate surface area is 378 Å². The first-order valence-electron chi connectivity index (χ1n) is 16.8. The summed E-state index contributed by atoms with van der Waals surface area (Å²) in [7, 11) is -8.34. The summed E-state index contributed by atoms with van der Waals surface area (Å²) in [6, 6.07) is 6.16. The van der Waals surface area contributed by atoms with Crippen LogP contribution in [0, 0.1) is 6.92 Å². The summed E-state index contributed by atoms with van der Waals surface area (Å²) in [6.07, 6.45) is 0. The molecule has 7 rings (SSSR count). The number of amides is 2. The van der Waals surface area contributed by atoms with Gasteiger partial charge in [-0.05, 0) is 42.8 Å². The molecule has 2 atom stereocenters. The number of nitrogens with one attached hydrogen (secondary N) is 1. The maximum atomic E-state index is 13.5. The number of aliphatic carboxylic acids is 1. The SMILES string of the molecule is Cc1cc(SCC2=C(C(=O)[O-])N3C(=O)[C@@H](NC(=O)/C(=N\OCS(=O)(=O)c4ccc(O)c(O)c4)c4csc(N)n4)[C@H]3SC2)n2nc(CS(=O)(=O)c3ccc(O)c(O)c3)nc2n1.[Na+]. The van der Waals surface area contributed by atoms with E-state index in [-0.39, 0.29) is 74.0 Å². The molecule has 0 saturated carbocycles. The van der Waals surface area contributed by atoms with Gasteiger partial charge >= 0.3 is 29.6 Å². The second-order valence-corrected chi connectivity index (χ2v) is 19.7. The minimum absolute atomic E-state index is 0. The van der Waals surface area contributed by atoms with Gasteiger partial charge in [-0.2, -0.15) is 9.50 Å². The average molecular weight is 942 g/mol. The van der Waals surface area contributed by atoms with Crippen molar-refractivity contribution in [2.24, 2.45) is 5.16 Å². The van der Waals surface area contributed by atoms with Crippen molar-refractivity contribution in [3.05, 3.63) is 76.3 Å². The number of oxime groups is 1. The Bertz CT molecular complexity index is 2910. The van der Waals surface area contributed by atoms with Crippen LogP contribution in [0.2, 0.25) is 0 Å². The molecule has 5 aromatic rings. The molecule has 22 nitrogen and oxygen atoms in total. The second kappa shape index (κ2) is 17.7. The number of aryl methyl sites for hydroxylation is 1. The van der Waals surface area contributed by atoms with Crippen molar-refractivity contribution in [2.45, 2.75) is 38.9 Å². The van der Waals surface area contributed by atoms with Crippen LogP contribution in [0.1, 0.15) is 17.2 Å². The number of thiazole rings is 1. The number of sulfone groups is 2. The molecule has 2 aliphatic heterocycles. The third-order valence-corrected chi connectivity index (χ3v) is 14.7. The normalized spacial score (nSPS) is 16.8. The molecule has 1 fully saturated rings. The number of phenolic OH excluding ortho intramolecular Hbond substituents is 4. The number of carbonyl (C=O) groups excluding carboxylic acids is 3. The van der Waals surface area contributed by atoms with Gasteiger partial charge < -0.3 is 46.2 Å². The Morgan fingerprint density at radius 2 is 1.66 bits per heavy atom. The molecule has 5 heterocycles. The fraction of sp³-hybridized carbons (Fsp3) is 0.212. The Morgan fingerprint density at radius 3 is 2.26 bits per heavy atom. The third kappa shape index (κ3) is 9.37. The molecule has 2 amide bonds. The van der Waals surface area contributed by atoms with Gasteiger partial charge in [0.1, 0.15) is 27.9 Å². The van der Waals surface area contributed by atoms with Gasteiger partial charge in [0.05, 0.1) is 21.5 Å². The Balaban J connectivity index is 0.00000622. The van der Waals surface area contributed by atoms with Gasteiger partial charge in [0.25, 0.3) is 17.6 Å². The Morgan fingerprint density at radius 1 is 1.00 bits per heavy atom. The smallest absolute Gasteiger partial charge is 0.543 e. The molecule has 2 aliphatic rings. The monoisotopic (exact) mass is 941 g/mol. The van der Waals surface area contributed by atoms with E-state index in [1.807, 2.05) is 0 Å². The van der Waals surface area contributed by atoms with Crippen molar-refractivity contribution in [1.29, 1.82) is 0 Å². The quantitative estimate of drug-likeness (QED) is 0.0120. The van der Waals surface area contributed by atoms with Crippen molar-refractivity contribution in [1.82, 2.24) is 34.8 Å². The number of nitrogen functional groups attached to an aromatic ring is 1. The summed E-state index contributed by atoms with van der Waals surface area (Å²) in [6.45, 7) is 1.66. The zero-order valence-electron chi connectivity index (χ0n) is 31.3. The zero-order valence-corrected chi connectivity index (χ0v) is 37.4. The molecule has 0 spiro atoms. The number of carboxylic acid groups (broad SMARTS) is 1. The summed E-state index contributed by atoms with van der Waals surface area (Å²) in [5.41, 5.74) is 5.40. The van der Waals surface area contributed by atoms with Gasteiger partial charge in [0, 0.05) is 34.7 Å². The predicted molar refractivity (Wildman–Crippen MR) is 210 cm³/mol. The molecule has 0 radical (unpaired) electrons. The van der Waals surface area contributed by atoms with E-state index in [0.29, 0.717) is 10.7 Å². The molecule has 28 heteroatoms. The van der Waals surface area contributed by atoms with Crippen molar-refractivity contribution in [2.75, 3.05) is 23.2 Å². The van der Waals surface area contributed by atoms with Crippen LogP contribution in [-0.2, 0) is 44.6 Å². The number of hydrogen-bond acceptors (Lipinski definition) is 22. The minimum Gasteiger partial charge on any atom is -0.543 e. The van der Waals surface area contributed by atoms with Gasteiger partial charge in [-0.15, -0.1) is 40.0 Å². The number of nitrogens with zero attached hydrogens (tertiary/aromatic N) is 7. The zero-order chi connectivity index (χ0) is 43.3. The number of carbonyl (C=O) groups is 3. The van der Waals surface area contributed by atoms with Crippen LogP contribution >= 0.6 is 34.9 Å². The number of nitrogens with two attached hydrogens (primary N) is 1. The molecule has 3 aromatic heterocycles. The number of phenols is 4. The maximum absolute atomic E-state index is 13.5. The number of aromatic nitrogens is 5. The number of thioether (sulfide) groups is 2. The molecule has 61 heavy (non-hydrogen) atoms. The molecule has 0 aliphatic carbocycles. The van der Waals surface area contributed by atoms with Crippen molar-refractivity contribution >= 4 is 88.9 Å². The van der Waals surface area contributed by atoms with E-state index < -0.39 is 99.9 Å². The minimum atomic E-state index is -4.27. The molecular formula is C33H28N9NaO13S5. The third-order valence-electron chi connectivity index (χ3n) is 8.65. The predicted octanol–water partition coefficient (Wildman–Crippen LogP) is -3.38. The topological polar surface area (TPSA) is 342 Å². The summed E-state index contributed by atoms with van der Waals surface area (Å²) in [4.78, 5) is 57.4. The van der Waals surface area contributed by atoms with Crippen molar-refractivity contribution < 1.29 is 91.1 Å². The summed E-state index contributed by atoms with van der Waals surface area (Å²) in [5, 5.41) is 62.4. The number of carboxylic acids is 1. The second-order valence-electron chi connectivity index (χ2n) is 12.8. The van der Waals surface area contributed by atoms with Crippen LogP contribution in [-0.4, -0.2) is 119 Å². The van der Waals surface area contributed by atoms with Crippen molar-refractivity contribution in [3.8, 4) is 23.0 Å². The van der Waals surface area contributed by atoms with Gasteiger partial charge in [-0.25, -0.2) is 26.8 Å². The first kappa shape index (κ1) is 45.4. The van der Waals surface area contributed by atoms with Crippen LogP contribution in [0.4, 0.5) is 5.13 Å². The number of hydrogen-bond donors (Lipinski definition) is 6. The standard InChI is InChI=1S/C33H29N9O13S5.Na/c1-14-6-24(42-33(35-14)37-23(39-42)12-59(51,52)16-2-4-19(43)21(45)7-16)56-9-15-10-57-30-26(29(48)41(30)27(15)31(49)50)38-28(47)25(18-11-58-32(34)36-18)40-55-13-60(53,54)17-3-5-20(44)22(46)8-17;/h2-8,11,26,30,43-46H,9-10,12-13H2,1H3,(H2,34,36)(H,38,47)(H,49,50);/q;+1/p-1/b40-25-;/t26-,30-;/m1./s1. The number of aromatic hydroxyl groups is 4. The van der Waals surface area contributed by atoms with Crippen molar-refractivity contribution in [3.63, 3.8) is 0 Å². The number of fused-ring (bicyclic) bond motifs is 2. The summed E-state index contributed by atoms with van der Waals surface area (Å²) < 4.78 is 52.9. The number of benzene rings is 2. The fourth-order valence-corrected chi connectivity index (χ4v) is 11.0. The van der Waals surface area contributed by atoms with Crippen LogP contribution in [0.15, 0.2) is 79.1 Å². The number of anilines is 1. The first-order chi connectivity index (χ1) is 28.3. The van der Waals surface area contributed by atoms with Crippen LogP contribution in [0.25, 0.3) is 5.78 Å². The average Bonchev–Trinajstić information content (AvgIpc) is 3.80. The van der Waals surface area contributed by atoms with E-state index in [9.17, 15) is 56.8 Å². The molecule has 1 saturated heterocycles. The number of rotatable bonds is 14. The van der Waals surface area contributed by atoms with E-state index in [0.717, 1.165) is 76.2 Å². The molecule has 0 bridgehead atoms. The van der Waals surface area contributed by atoms with E-state index in [1.54, 1.807) is 13.0 Å². The summed E-state index contributed by atoms with van der Waals surface area (Å²) in [5.74, 6) is -7.68. The fourth-order valence-electron chi connectivity index (χ4n) is 5.79. The molecule has 7 N–H and O–H groups in total. The van der Waals surface area contributed by atoms with Crippen LogP contribution in [0.5, 0.6) is 23.0 Å². The molecule has 2 aromatic carbocycles. The maximum Gasteiger partial charge on any atom is 1.00 e. The summed E-state index contributed by atoms with van der Waals surface area (Å²) >= 11 is 3.17. The molecular weight excluding hydrogens is 914 g/mol. The largest absolute Gasteiger partial charge is 1.00 e. The molecule has 314 valence electrons. The Kier molecular flexibility index (Phi) is 13.1. The van der Waals surface area contributed by atoms with Crippen LogP contribution in [0.3, 0.4) is 0 Å².